The van der Waals surface area contributed by atoms with Crippen LogP contribution in [0, 0.1) is 11.8 Å². The first-order chi connectivity index (χ1) is 10.3. The zero-order valence-electron chi connectivity index (χ0n) is 12.1. The molecule has 114 valence electrons. The van der Waals surface area contributed by atoms with E-state index in [1.807, 2.05) is 18.5 Å². The van der Waals surface area contributed by atoms with Gasteiger partial charge in [-0.25, -0.2) is 5.43 Å². The highest BCUT2D eigenvalue weighted by Crippen LogP contribution is 2.37. The van der Waals surface area contributed by atoms with Gasteiger partial charge in [0.1, 0.15) is 0 Å². The van der Waals surface area contributed by atoms with Crippen molar-refractivity contribution < 1.29 is 0 Å². The predicted octanol–water partition coefficient (Wildman–Crippen LogP) is -0.181. The molecule has 21 heavy (non-hydrogen) atoms. The van der Waals surface area contributed by atoms with E-state index >= 15 is 0 Å². The average Bonchev–Trinajstić information content (AvgIpc) is 3.13. The van der Waals surface area contributed by atoms with Gasteiger partial charge in [-0.1, -0.05) is 6.07 Å². The van der Waals surface area contributed by atoms with Crippen LogP contribution in [0.3, 0.4) is 0 Å². The summed E-state index contributed by atoms with van der Waals surface area (Å²) >= 11 is 0. The SMILES string of the molecule is NC1CCC2NNC(C3CNNC3c3cccnc3)C2C1. The first-order valence-corrected chi connectivity index (χ1v) is 7.98. The first kappa shape index (κ1) is 13.6. The van der Waals surface area contributed by atoms with E-state index in [-0.39, 0.29) is 0 Å². The maximum atomic E-state index is 6.20. The van der Waals surface area contributed by atoms with Crippen LogP contribution in [0.5, 0.6) is 0 Å². The Kier molecular flexibility index (Phi) is 3.64. The van der Waals surface area contributed by atoms with Crippen LogP contribution in [0.2, 0.25) is 0 Å². The quantitative estimate of drug-likeness (QED) is 0.519. The molecule has 0 bridgehead atoms. The summed E-state index contributed by atoms with van der Waals surface area (Å²) < 4.78 is 0. The number of hydrazine groups is 2. The summed E-state index contributed by atoms with van der Waals surface area (Å²) in [5.74, 6) is 1.13. The molecule has 1 aromatic heterocycles. The lowest BCUT2D eigenvalue weighted by molar-refractivity contribution is 0.232. The minimum atomic E-state index is 0.301. The van der Waals surface area contributed by atoms with Crippen LogP contribution in [0.4, 0.5) is 0 Å². The minimum absolute atomic E-state index is 0.301. The van der Waals surface area contributed by atoms with Crippen LogP contribution in [0.25, 0.3) is 0 Å². The normalized spacial score (nSPS) is 42.9. The summed E-state index contributed by atoms with van der Waals surface area (Å²) in [6, 6.07) is 5.84. The van der Waals surface area contributed by atoms with E-state index in [9.17, 15) is 0 Å². The lowest BCUT2D eigenvalue weighted by Gasteiger charge is -2.34. The lowest BCUT2D eigenvalue weighted by atomic mass is 9.74. The van der Waals surface area contributed by atoms with E-state index in [1.54, 1.807) is 0 Å². The second-order valence-electron chi connectivity index (χ2n) is 6.61. The second-order valence-corrected chi connectivity index (χ2v) is 6.61. The minimum Gasteiger partial charge on any atom is -0.328 e. The third-order valence-electron chi connectivity index (χ3n) is 5.37. The fourth-order valence-electron chi connectivity index (χ4n) is 4.29. The fourth-order valence-corrected chi connectivity index (χ4v) is 4.29. The van der Waals surface area contributed by atoms with Gasteiger partial charge in [-0.05, 0) is 36.8 Å². The molecule has 2 aliphatic heterocycles. The average molecular weight is 288 g/mol. The number of hydrogen-bond donors (Lipinski definition) is 5. The molecule has 6 atom stereocenters. The molecule has 0 aromatic carbocycles. The van der Waals surface area contributed by atoms with E-state index in [4.69, 9.17) is 5.73 Å². The van der Waals surface area contributed by atoms with E-state index in [0.717, 1.165) is 19.4 Å². The van der Waals surface area contributed by atoms with Crippen molar-refractivity contribution in [1.82, 2.24) is 26.7 Å². The third kappa shape index (κ3) is 2.47. The van der Waals surface area contributed by atoms with E-state index < -0.39 is 0 Å². The Balaban J connectivity index is 1.55. The van der Waals surface area contributed by atoms with Gasteiger partial charge < -0.3 is 5.73 Å². The van der Waals surface area contributed by atoms with E-state index in [1.165, 1.54) is 12.0 Å². The summed E-state index contributed by atoms with van der Waals surface area (Å²) in [5.41, 5.74) is 21.3. The van der Waals surface area contributed by atoms with Gasteiger partial charge in [-0.15, -0.1) is 0 Å². The zero-order chi connectivity index (χ0) is 14.2. The number of rotatable bonds is 2. The molecule has 6 nitrogen and oxygen atoms in total. The summed E-state index contributed by atoms with van der Waals surface area (Å²) in [4.78, 5) is 4.26. The lowest BCUT2D eigenvalue weighted by Crippen LogP contribution is -2.44. The molecule has 3 aliphatic rings. The third-order valence-corrected chi connectivity index (χ3v) is 5.37. The van der Waals surface area contributed by atoms with Gasteiger partial charge in [0.2, 0.25) is 0 Å². The second kappa shape index (κ2) is 5.62. The van der Waals surface area contributed by atoms with Crippen molar-refractivity contribution in [3.8, 4) is 0 Å². The highest BCUT2D eigenvalue weighted by Gasteiger charge is 2.46. The maximum Gasteiger partial charge on any atom is 0.0533 e. The number of pyridine rings is 1. The van der Waals surface area contributed by atoms with E-state index in [0.29, 0.717) is 36.0 Å². The van der Waals surface area contributed by atoms with Gasteiger partial charge in [0.25, 0.3) is 0 Å². The Morgan fingerprint density at radius 3 is 2.95 bits per heavy atom. The molecule has 6 heteroatoms. The van der Waals surface area contributed by atoms with Crippen molar-refractivity contribution in [2.24, 2.45) is 17.6 Å². The molecular weight excluding hydrogens is 264 g/mol. The molecule has 0 spiro atoms. The van der Waals surface area contributed by atoms with Crippen molar-refractivity contribution in [1.29, 1.82) is 0 Å². The summed E-state index contributed by atoms with van der Waals surface area (Å²) in [6.07, 6.45) is 7.22. The molecule has 1 aromatic rings. The number of aromatic nitrogens is 1. The van der Waals surface area contributed by atoms with Crippen molar-refractivity contribution in [2.75, 3.05) is 6.54 Å². The molecule has 6 N–H and O–H groups in total. The molecule has 1 saturated carbocycles. The van der Waals surface area contributed by atoms with Crippen molar-refractivity contribution in [3.63, 3.8) is 0 Å². The van der Waals surface area contributed by atoms with Gasteiger partial charge >= 0.3 is 0 Å². The van der Waals surface area contributed by atoms with Crippen LogP contribution in [-0.2, 0) is 0 Å². The van der Waals surface area contributed by atoms with Crippen molar-refractivity contribution >= 4 is 0 Å². The van der Waals surface area contributed by atoms with E-state index in [2.05, 4.69) is 32.8 Å². The Hall–Kier alpha value is -1.05. The summed E-state index contributed by atoms with van der Waals surface area (Å²) in [7, 11) is 0. The Bertz CT molecular complexity index is 480. The Labute approximate surface area is 125 Å². The van der Waals surface area contributed by atoms with Crippen molar-refractivity contribution in [2.45, 2.75) is 43.4 Å². The van der Waals surface area contributed by atoms with Crippen LogP contribution < -0.4 is 27.4 Å². The Morgan fingerprint density at radius 2 is 2.10 bits per heavy atom. The van der Waals surface area contributed by atoms with Gasteiger partial charge in [-0.3, -0.25) is 21.3 Å². The largest absolute Gasteiger partial charge is 0.328 e. The summed E-state index contributed by atoms with van der Waals surface area (Å²) in [6.45, 7) is 0.970. The standard InChI is InChI=1S/C15H24N6/c16-10-3-4-13-11(6-10)15(21-19-13)12-8-18-20-14(12)9-2-1-5-17-7-9/h1-2,5,7,10-15,18-21H,3-4,6,8,16H2. The monoisotopic (exact) mass is 288 g/mol. The molecule has 3 fully saturated rings. The molecule has 3 heterocycles. The number of fused-ring (bicyclic) bond motifs is 1. The smallest absolute Gasteiger partial charge is 0.0533 e. The fraction of sp³-hybridized carbons (Fsp3) is 0.667. The van der Waals surface area contributed by atoms with Crippen molar-refractivity contribution in [3.05, 3.63) is 30.1 Å². The van der Waals surface area contributed by atoms with Crippen LogP contribution in [0.15, 0.2) is 24.5 Å². The first-order valence-electron chi connectivity index (χ1n) is 7.98. The number of nitrogens with one attached hydrogen (secondary N) is 4. The number of nitrogens with zero attached hydrogens (tertiary/aromatic N) is 1. The molecular formula is C15H24N6. The summed E-state index contributed by atoms with van der Waals surface area (Å²) in [5, 5.41) is 0. The maximum absolute atomic E-state index is 6.20. The van der Waals surface area contributed by atoms with Gasteiger partial charge in [0, 0.05) is 43.0 Å². The Morgan fingerprint density at radius 1 is 1.14 bits per heavy atom. The van der Waals surface area contributed by atoms with Gasteiger partial charge in [0.05, 0.1) is 6.04 Å². The topological polar surface area (TPSA) is 87.0 Å². The number of nitrogens with two attached hydrogens (primary N) is 1. The van der Waals surface area contributed by atoms with Crippen LogP contribution >= 0.6 is 0 Å². The van der Waals surface area contributed by atoms with Gasteiger partial charge in [0.15, 0.2) is 0 Å². The van der Waals surface area contributed by atoms with Crippen LogP contribution in [0.1, 0.15) is 30.9 Å². The molecule has 4 rings (SSSR count). The highest BCUT2D eigenvalue weighted by molar-refractivity contribution is 5.18. The predicted molar refractivity (Wildman–Crippen MR) is 80.8 cm³/mol. The molecule has 0 amide bonds. The molecule has 6 unspecified atom stereocenters. The molecule has 0 radical (unpaired) electrons. The number of hydrogen-bond acceptors (Lipinski definition) is 6. The van der Waals surface area contributed by atoms with Crippen LogP contribution in [-0.4, -0.2) is 29.7 Å². The zero-order valence-corrected chi connectivity index (χ0v) is 12.1. The highest BCUT2D eigenvalue weighted by atomic mass is 15.5. The molecule has 2 saturated heterocycles. The molecule has 1 aliphatic carbocycles. The van der Waals surface area contributed by atoms with Gasteiger partial charge in [-0.2, -0.15) is 0 Å².